The summed E-state index contributed by atoms with van der Waals surface area (Å²) < 4.78 is 7.65. The van der Waals surface area contributed by atoms with Gasteiger partial charge in [0.2, 0.25) is 5.91 Å². The lowest BCUT2D eigenvalue weighted by Gasteiger charge is -2.29. The molecule has 33 heavy (non-hydrogen) atoms. The van der Waals surface area contributed by atoms with Gasteiger partial charge < -0.3 is 19.9 Å². The number of carbonyl (C=O) groups is 1. The van der Waals surface area contributed by atoms with Crippen LogP contribution in [0.4, 0.5) is 5.82 Å². The molecule has 0 radical (unpaired) electrons. The van der Waals surface area contributed by atoms with Crippen molar-refractivity contribution in [1.29, 1.82) is 0 Å². The highest BCUT2D eigenvalue weighted by atomic mass is 32.2. The van der Waals surface area contributed by atoms with Gasteiger partial charge in [0.1, 0.15) is 17.1 Å². The van der Waals surface area contributed by atoms with Gasteiger partial charge in [0.05, 0.1) is 29.1 Å². The van der Waals surface area contributed by atoms with Crippen molar-refractivity contribution in [1.82, 2.24) is 24.8 Å². The van der Waals surface area contributed by atoms with Gasteiger partial charge in [-0.15, -0.1) is 11.8 Å². The van der Waals surface area contributed by atoms with Crippen molar-refractivity contribution >= 4 is 34.7 Å². The van der Waals surface area contributed by atoms with Gasteiger partial charge in [0.15, 0.2) is 5.65 Å². The summed E-state index contributed by atoms with van der Waals surface area (Å²) in [6.07, 6.45) is 7.23. The zero-order chi connectivity index (χ0) is 22.8. The van der Waals surface area contributed by atoms with Crippen LogP contribution in [0.5, 0.6) is 5.75 Å². The Labute approximate surface area is 195 Å². The van der Waals surface area contributed by atoms with Gasteiger partial charge in [-0.05, 0) is 43.7 Å². The molecule has 9 nitrogen and oxygen atoms in total. The number of aromatic nitrogens is 4. The number of anilines is 1. The van der Waals surface area contributed by atoms with Crippen LogP contribution in [-0.2, 0) is 18.4 Å². The predicted molar refractivity (Wildman–Crippen MR) is 126 cm³/mol. The van der Waals surface area contributed by atoms with E-state index in [9.17, 15) is 9.59 Å². The molecule has 1 fully saturated rings. The molecule has 1 aliphatic carbocycles. The van der Waals surface area contributed by atoms with Crippen LogP contribution >= 0.6 is 11.8 Å². The second-order valence-corrected chi connectivity index (χ2v) is 9.55. The normalized spacial score (nSPS) is 20.3. The van der Waals surface area contributed by atoms with Crippen LogP contribution in [0.15, 0.2) is 40.3 Å². The van der Waals surface area contributed by atoms with E-state index in [1.165, 1.54) is 22.5 Å². The number of thioether (sulfide) groups is 1. The summed E-state index contributed by atoms with van der Waals surface area (Å²) in [5.41, 5.74) is 1.90. The Morgan fingerprint density at radius 1 is 1.18 bits per heavy atom. The van der Waals surface area contributed by atoms with Crippen molar-refractivity contribution in [2.75, 3.05) is 17.7 Å². The smallest absolute Gasteiger partial charge is 0.269 e. The van der Waals surface area contributed by atoms with Crippen LogP contribution in [0.25, 0.3) is 11.2 Å². The summed E-state index contributed by atoms with van der Waals surface area (Å²) in [6.45, 7) is 1.29. The van der Waals surface area contributed by atoms with Crippen LogP contribution < -0.4 is 20.9 Å². The average Bonchev–Trinajstić information content (AvgIpc) is 2.84. The Kier molecular flexibility index (Phi) is 6.28. The second-order valence-electron chi connectivity index (χ2n) is 8.53. The Balaban J connectivity index is 1.12. The number of pyridine rings is 2. The molecular weight excluding hydrogens is 440 g/mol. The number of fused-ring (bicyclic) bond motifs is 2. The molecule has 1 amide bonds. The first-order chi connectivity index (χ1) is 16.1. The highest BCUT2D eigenvalue weighted by Gasteiger charge is 2.23. The lowest BCUT2D eigenvalue weighted by molar-refractivity contribution is -0.113. The van der Waals surface area contributed by atoms with Gasteiger partial charge in [-0.2, -0.15) is 0 Å². The van der Waals surface area contributed by atoms with Gasteiger partial charge in [0, 0.05) is 31.9 Å². The quantitative estimate of drug-likeness (QED) is 0.570. The standard InChI is InChI=1S/C23H26N6O3S/c1-29-20(31)11-26-23-21(29)17(8-9-24-23)32-12-14-2-4-15(5-3-14)25-10-16-6-7-18-22(27-16)28-19(30)13-33-18/h6-9,11,14-15,25H,2-5,10,12-13H2,1H3,(H,27,28,30). The minimum absolute atomic E-state index is 0.00361. The summed E-state index contributed by atoms with van der Waals surface area (Å²) in [6, 6.07) is 6.29. The molecule has 10 heteroatoms. The molecule has 1 aliphatic heterocycles. The molecule has 0 spiro atoms. The van der Waals surface area contributed by atoms with E-state index in [0.717, 1.165) is 36.3 Å². The zero-order valence-corrected chi connectivity index (χ0v) is 19.2. The molecule has 3 aromatic heterocycles. The molecule has 5 rings (SSSR count). The number of nitrogens with zero attached hydrogens (tertiary/aromatic N) is 4. The third kappa shape index (κ3) is 4.86. The van der Waals surface area contributed by atoms with Gasteiger partial charge in [-0.25, -0.2) is 15.0 Å². The number of ether oxygens (including phenoxy) is 1. The monoisotopic (exact) mass is 466 g/mol. The minimum Gasteiger partial charge on any atom is -0.491 e. The molecule has 2 N–H and O–H groups in total. The number of hydrogen-bond acceptors (Lipinski definition) is 8. The highest BCUT2D eigenvalue weighted by Crippen LogP contribution is 2.30. The zero-order valence-electron chi connectivity index (χ0n) is 18.4. The highest BCUT2D eigenvalue weighted by molar-refractivity contribution is 8.00. The number of amides is 1. The summed E-state index contributed by atoms with van der Waals surface area (Å²) >= 11 is 1.53. The molecule has 172 valence electrons. The maximum Gasteiger partial charge on any atom is 0.269 e. The molecular formula is C23H26N6O3S. The molecule has 0 atom stereocenters. The maximum atomic E-state index is 12.0. The van der Waals surface area contributed by atoms with Crippen LogP contribution in [-0.4, -0.2) is 43.8 Å². The third-order valence-corrected chi connectivity index (χ3v) is 7.30. The lowest BCUT2D eigenvalue weighted by atomic mass is 9.86. The Hall–Kier alpha value is -2.98. The van der Waals surface area contributed by atoms with Crippen molar-refractivity contribution in [3.8, 4) is 5.75 Å². The first-order valence-electron chi connectivity index (χ1n) is 11.2. The number of hydrogen-bond donors (Lipinski definition) is 2. The first-order valence-corrected chi connectivity index (χ1v) is 12.1. The topological polar surface area (TPSA) is 111 Å². The number of aryl methyl sites for hydroxylation is 1. The fourth-order valence-electron chi connectivity index (χ4n) is 4.36. The molecule has 0 saturated heterocycles. The average molecular weight is 467 g/mol. The van der Waals surface area contributed by atoms with Crippen LogP contribution in [0, 0.1) is 5.92 Å². The summed E-state index contributed by atoms with van der Waals surface area (Å²) in [5.74, 6) is 2.24. The minimum atomic E-state index is -0.179. The van der Waals surface area contributed by atoms with Gasteiger partial charge in [0.25, 0.3) is 5.56 Å². The number of carbonyl (C=O) groups excluding carboxylic acids is 1. The van der Waals surface area contributed by atoms with E-state index in [-0.39, 0.29) is 11.5 Å². The Bertz CT molecular complexity index is 1240. The van der Waals surface area contributed by atoms with E-state index < -0.39 is 0 Å². The molecule has 0 unspecified atom stereocenters. The van der Waals surface area contributed by atoms with Gasteiger partial charge in [-0.1, -0.05) is 0 Å². The van der Waals surface area contributed by atoms with Gasteiger partial charge >= 0.3 is 0 Å². The molecule has 0 bridgehead atoms. The molecule has 1 saturated carbocycles. The van der Waals surface area contributed by atoms with Gasteiger partial charge in [-0.3, -0.25) is 9.59 Å². The summed E-state index contributed by atoms with van der Waals surface area (Å²) in [7, 11) is 1.71. The first kappa shape index (κ1) is 21.8. The van der Waals surface area contributed by atoms with Crippen molar-refractivity contribution in [3.05, 3.63) is 46.6 Å². The van der Waals surface area contributed by atoms with Crippen molar-refractivity contribution in [2.45, 2.75) is 43.2 Å². The molecule has 2 aliphatic rings. The van der Waals surface area contributed by atoms with E-state index in [4.69, 9.17) is 4.74 Å². The SMILES string of the molecule is Cn1c(=O)cnc2nccc(OCC3CCC(NCc4ccc5c(n4)NC(=O)CS5)CC3)c21. The largest absolute Gasteiger partial charge is 0.491 e. The predicted octanol–water partition coefficient (Wildman–Crippen LogP) is 2.50. The van der Waals surface area contributed by atoms with Crippen LogP contribution in [0.2, 0.25) is 0 Å². The second kappa shape index (κ2) is 9.48. The maximum absolute atomic E-state index is 12.0. The van der Waals surface area contributed by atoms with Crippen molar-refractivity contribution in [3.63, 3.8) is 0 Å². The van der Waals surface area contributed by atoms with Crippen LogP contribution in [0.3, 0.4) is 0 Å². The molecule has 3 aromatic rings. The third-order valence-electron chi connectivity index (χ3n) is 6.26. The fourth-order valence-corrected chi connectivity index (χ4v) is 5.11. The summed E-state index contributed by atoms with van der Waals surface area (Å²) in [4.78, 5) is 37.5. The molecule has 0 aromatic carbocycles. The Morgan fingerprint density at radius 3 is 2.88 bits per heavy atom. The molecule has 4 heterocycles. The summed E-state index contributed by atoms with van der Waals surface area (Å²) in [5, 5.41) is 6.46. The fraction of sp³-hybridized carbons (Fsp3) is 0.435. The van der Waals surface area contributed by atoms with E-state index in [1.807, 2.05) is 12.1 Å². The lowest BCUT2D eigenvalue weighted by Crippen LogP contribution is -2.34. The van der Waals surface area contributed by atoms with Crippen molar-refractivity contribution < 1.29 is 9.53 Å². The van der Waals surface area contributed by atoms with E-state index in [2.05, 4.69) is 25.6 Å². The number of rotatable bonds is 6. The van der Waals surface area contributed by atoms with E-state index >= 15 is 0 Å². The number of nitrogens with one attached hydrogen (secondary N) is 2. The van der Waals surface area contributed by atoms with Crippen LogP contribution in [0.1, 0.15) is 31.4 Å². The Morgan fingerprint density at radius 2 is 2.03 bits per heavy atom. The van der Waals surface area contributed by atoms with Crippen molar-refractivity contribution in [2.24, 2.45) is 13.0 Å². The van der Waals surface area contributed by atoms with E-state index in [0.29, 0.717) is 53.6 Å². The van der Waals surface area contributed by atoms with E-state index in [1.54, 1.807) is 19.3 Å².